The fourth-order valence-corrected chi connectivity index (χ4v) is 1.77. The molecule has 0 unspecified atom stereocenters. The van der Waals surface area contributed by atoms with Gasteiger partial charge in [0.25, 0.3) is 0 Å². The molecule has 0 bridgehead atoms. The molecule has 0 aliphatic carbocycles. The van der Waals surface area contributed by atoms with E-state index in [-0.39, 0.29) is 5.69 Å². The number of methoxy groups -OCH3 is 1. The number of aromatic amines is 1. The Morgan fingerprint density at radius 3 is 3.06 bits per heavy atom. The standard InChI is InChI=1S/C12H16N4O2/c1-18-10-5-2-4-9(8-10)16-11(6-3-7-13)14-15-12(16)17/h2,4-5,8H,3,6-7,13H2,1H3,(H,15,17). The molecule has 0 spiro atoms. The van der Waals surface area contributed by atoms with Crippen molar-refractivity contribution < 1.29 is 4.74 Å². The van der Waals surface area contributed by atoms with Gasteiger partial charge >= 0.3 is 5.69 Å². The second-order valence-electron chi connectivity index (χ2n) is 3.87. The molecule has 1 heterocycles. The van der Waals surface area contributed by atoms with Gasteiger partial charge in [-0.25, -0.2) is 14.5 Å². The largest absolute Gasteiger partial charge is 0.497 e. The molecule has 1 aromatic carbocycles. The van der Waals surface area contributed by atoms with Crippen molar-refractivity contribution in [3.63, 3.8) is 0 Å². The highest BCUT2D eigenvalue weighted by atomic mass is 16.5. The first-order valence-corrected chi connectivity index (χ1v) is 5.77. The molecule has 0 aliphatic rings. The zero-order valence-electron chi connectivity index (χ0n) is 10.2. The van der Waals surface area contributed by atoms with Gasteiger partial charge in [0.05, 0.1) is 12.8 Å². The summed E-state index contributed by atoms with van der Waals surface area (Å²) in [7, 11) is 1.59. The van der Waals surface area contributed by atoms with Gasteiger partial charge in [-0.05, 0) is 25.1 Å². The van der Waals surface area contributed by atoms with E-state index in [1.807, 2.05) is 18.2 Å². The van der Waals surface area contributed by atoms with Crippen molar-refractivity contribution in [2.75, 3.05) is 13.7 Å². The van der Waals surface area contributed by atoms with Gasteiger partial charge < -0.3 is 10.5 Å². The van der Waals surface area contributed by atoms with E-state index in [0.29, 0.717) is 24.5 Å². The predicted molar refractivity (Wildman–Crippen MR) is 68.1 cm³/mol. The van der Waals surface area contributed by atoms with Crippen molar-refractivity contribution >= 4 is 0 Å². The van der Waals surface area contributed by atoms with E-state index < -0.39 is 0 Å². The molecule has 0 radical (unpaired) electrons. The van der Waals surface area contributed by atoms with E-state index in [0.717, 1.165) is 12.1 Å². The number of ether oxygens (including phenoxy) is 1. The molecule has 18 heavy (non-hydrogen) atoms. The fourth-order valence-electron chi connectivity index (χ4n) is 1.77. The highest BCUT2D eigenvalue weighted by molar-refractivity contribution is 5.39. The van der Waals surface area contributed by atoms with Gasteiger partial charge in [0.2, 0.25) is 0 Å². The summed E-state index contributed by atoms with van der Waals surface area (Å²) in [5, 5.41) is 6.47. The minimum absolute atomic E-state index is 0.254. The van der Waals surface area contributed by atoms with Gasteiger partial charge in [0.15, 0.2) is 0 Å². The van der Waals surface area contributed by atoms with Crippen LogP contribution in [0.3, 0.4) is 0 Å². The van der Waals surface area contributed by atoms with E-state index in [4.69, 9.17) is 10.5 Å². The number of benzene rings is 1. The minimum Gasteiger partial charge on any atom is -0.497 e. The van der Waals surface area contributed by atoms with E-state index in [9.17, 15) is 4.79 Å². The van der Waals surface area contributed by atoms with Gasteiger partial charge in [-0.3, -0.25) is 0 Å². The number of rotatable bonds is 5. The maximum atomic E-state index is 11.8. The van der Waals surface area contributed by atoms with Crippen molar-refractivity contribution in [3.8, 4) is 11.4 Å². The van der Waals surface area contributed by atoms with Gasteiger partial charge in [0, 0.05) is 12.5 Å². The molecule has 3 N–H and O–H groups in total. The zero-order valence-corrected chi connectivity index (χ0v) is 10.2. The van der Waals surface area contributed by atoms with Crippen molar-refractivity contribution in [3.05, 3.63) is 40.6 Å². The normalized spacial score (nSPS) is 10.6. The summed E-state index contributed by atoms with van der Waals surface area (Å²) in [6.45, 7) is 0.569. The van der Waals surface area contributed by atoms with Crippen LogP contribution in [0.2, 0.25) is 0 Å². The van der Waals surface area contributed by atoms with Gasteiger partial charge in [-0.1, -0.05) is 6.07 Å². The molecule has 0 atom stereocenters. The third kappa shape index (κ3) is 2.43. The first kappa shape index (κ1) is 12.4. The first-order valence-electron chi connectivity index (χ1n) is 5.77. The van der Waals surface area contributed by atoms with Crippen LogP contribution in [-0.4, -0.2) is 28.4 Å². The zero-order chi connectivity index (χ0) is 13.0. The molecule has 2 rings (SSSR count). The van der Waals surface area contributed by atoms with Crippen molar-refractivity contribution in [1.29, 1.82) is 0 Å². The quantitative estimate of drug-likeness (QED) is 0.805. The summed E-state index contributed by atoms with van der Waals surface area (Å²) in [6.07, 6.45) is 1.45. The number of nitrogens with one attached hydrogen (secondary N) is 1. The lowest BCUT2D eigenvalue weighted by atomic mass is 10.2. The van der Waals surface area contributed by atoms with Crippen LogP contribution in [-0.2, 0) is 6.42 Å². The fraction of sp³-hybridized carbons (Fsp3) is 0.333. The number of nitrogens with zero attached hydrogens (tertiary/aromatic N) is 2. The Balaban J connectivity index is 2.42. The summed E-state index contributed by atoms with van der Waals surface area (Å²) in [4.78, 5) is 11.8. The highest BCUT2D eigenvalue weighted by Crippen LogP contribution is 2.16. The second kappa shape index (κ2) is 5.50. The number of hydrogen-bond acceptors (Lipinski definition) is 4. The molecule has 0 saturated heterocycles. The van der Waals surface area contributed by atoms with E-state index in [1.165, 1.54) is 4.57 Å². The number of nitrogens with two attached hydrogens (primary N) is 1. The highest BCUT2D eigenvalue weighted by Gasteiger charge is 2.10. The van der Waals surface area contributed by atoms with Crippen LogP contribution in [0.1, 0.15) is 12.2 Å². The lowest BCUT2D eigenvalue weighted by Crippen LogP contribution is -2.17. The summed E-state index contributed by atoms with van der Waals surface area (Å²) in [5.41, 5.74) is 5.95. The smallest absolute Gasteiger partial charge is 0.347 e. The molecule has 6 heteroatoms. The Morgan fingerprint density at radius 1 is 1.50 bits per heavy atom. The molecular formula is C12H16N4O2. The van der Waals surface area contributed by atoms with Crippen LogP contribution >= 0.6 is 0 Å². The average molecular weight is 248 g/mol. The first-order chi connectivity index (χ1) is 8.76. The third-order valence-corrected chi connectivity index (χ3v) is 2.66. The second-order valence-corrected chi connectivity index (χ2v) is 3.87. The minimum atomic E-state index is -0.254. The van der Waals surface area contributed by atoms with E-state index in [2.05, 4.69) is 10.2 Å². The molecule has 0 aliphatic heterocycles. The average Bonchev–Trinajstić information content (AvgIpc) is 2.77. The molecule has 6 nitrogen and oxygen atoms in total. The Kier molecular flexibility index (Phi) is 3.78. The topological polar surface area (TPSA) is 85.9 Å². The van der Waals surface area contributed by atoms with E-state index >= 15 is 0 Å². The third-order valence-electron chi connectivity index (χ3n) is 2.66. The van der Waals surface area contributed by atoms with Gasteiger partial charge in [-0.2, -0.15) is 5.10 Å². The van der Waals surface area contributed by atoms with Crippen LogP contribution in [0, 0.1) is 0 Å². The Labute approximate surface area is 104 Å². The maximum absolute atomic E-state index is 11.8. The van der Waals surface area contributed by atoms with Crippen molar-refractivity contribution in [2.45, 2.75) is 12.8 Å². The summed E-state index contributed by atoms with van der Waals surface area (Å²) < 4.78 is 6.69. The Hall–Kier alpha value is -2.08. The number of aryl methyl sites for hydroxylation is 1. The van der Waals surface area contributed by atoms with Crippen LogP contribution in [0.4, 0.5) is 0 Å². The van der Waals surface area contributed by atoms with Crippen LogP contribution in [0.15, 0.2) is 29.1 Å². The molecule has 96 valence electrons. The molecule has 0 fully saturated rings. The Morgan fingerprint density at radius 2 is 2.33 bits per heavy atom. The molecule has 1 aromatic heterocycles. The van der Waals surface area contributed by atoms with Crippen LogP contribution in [0.25, 0.3) is 5.69 Å². The monoisotopic (exact) mass is 248 g/mol. The summed E-state index contributed by atoms with van der Waals surface area (Å²) in [6, 6.07) is 7.29. The van der Waals surface area contributed by atoms with Crippen LogP contribution < -0.4 is 16.2 Å². The van der Waals surface area contributed by atoms with Gasteiger partial charge in [0.1, 0.15) is 11.6 Å². The summed E-state index contributed by atoms with van der Waals surface area (Å²) >= 11 is 0. The number of aromatic nitrogens is 3. The Bertz CT molecular complexity index is 573. The molecular weight excluding hydrogens is 232 g/mol. The SMILES string of the molecule is COc1cccc(-n2c(CCCN)n[nH]c2=O)c1. The van der Waals surface area contributed by atoms with Crippen molar-refractivity contribution in [1.82, 2.24) is 14.8 Å². The lowest BCUT2D eigenvalue weighted by molar-refractivity contribution is 0.414. The summed E-state index contributed by atoms with van der Waals surface area (Å²) in [5.74, 6) is 1.38. The lowest BCUT2D eigenvalue weighted by Gasteiger charge is -2.07. The predicted octanol–water partition coefficient (Wildman–Crippen LogP) is 0.460. The molecule has 0 amide bonds. The van der Waals surface area contributed by atoms with Crippen molar-refractivity contribution in [2.24, 2.45) is 5.73 Å². The van der Waals surface area contributed by atoms with Gasteiger partial charge in [-0.15, -0.1) is 0 Å². The van der Waals surface area contributed by atoms with Crippen LogP contribution in [0.5, 0.6) is 5.75 Å². The molecule has 2 aromatic rings. The maximum Gasteiger partial charge on any atom is 0.347 e. The molecule has 0 saturated carbocycles. The van der Waals surface area contributed by atoms with E-state index in [1.54, 1.807) is 13.2 Å². The number of hydrogen-bond donors (Lipinski definition) is 2. The number of H-pyrrole nitrogens is 1.